The zero-order valence-electron chi connectivity index (χ0n) is 8.56. The molecule has 1 aromatic heterocycles. The van der Waals surface area contributed by atoms with Crippen LogP contribution >= 0.6 is 11.5 Å². The molecule has 1 aliphatic heterocycles. The van der Waals surface area contributed by atoms with Crippen LogP contribution in [0.25, 0.3) is 0 Å². The first-order valence-electron chi connectivity index (χ1n) is 4.93. The molecule has 1 saturated heterocycles. The van der Waals surface area contributed by atoms with E-state index < -0.39 is 0 Å². The van der Waals surface area contributed by atoms with Gasteiger partial charge in [-0.15, -0.1) is 0 Å². The standard InChI is InChI=1S/C9H15N3OS/c1-7(2)8-10-9(11-14-8)12-3-5-13-6-4-12/h7H,3-6H2,1-2H3. The lowest BCUT2D eigenvalue weighted by Gasteiger charge is -2.25. The maximum absolute atomic E-state index is 5.28. The molecule has 78 valence electrons. The van der Waals surface area contributed by atoms with Gasteiger partial charge in [-0.3, -0.25) is 0 Å². The minimum absolute atomic E-state index is 0.474. The fourth-order valence-corrected chi connectivity index (χ4v) is 2.02. The number of ether oxygens (including phenoxy) is 1. The Morgan fingerprint density at radius 1 is 1.36 bits per heavy atom. The third-order valence-electron chi connectivity index (χ3n) is 2.22. The minimum atomic E-state index is 0.474. The van der Waals surface area contributed by atoms with E-state index in [1.54, 1.807) is 0 Å². The first kappa shape index (κ1) is 9.86. The summed E-state index contributed by atoms with van der Waals surface area (Å²) in [6, 6.07) is 0. The molecule has 14 heavy (non-hydrogen) atoms. The number of aromatic nitrogens is 2. The number of anilines is 1. The Kier molecular flexibility index (Phi) is 2.98. The van der Waals surface area contributed by atoms with E-state index in [2.05, 4.69) is 28.1 Å². The molecular formula is C9H15N3OS. The number of nitrogens with zero attached hydrogens (tertiary/aromatic N) is 3. The molecular weight excluding hydrogens is 198 g/mol. The second-order valence-electron chi connectivity index (χ2n) is 3.69. The number of rotatable bonds is 2. The first-order chi connectivity index (χ1) is 6.77. The fourth-order valence-electron chi connectivity index (χ4n) is 1.35. The predicted molar refractivity (Wildman–Crippen MR) is 57.0 cm³/mol. The summed E-state index contributed by atoms with van der Waals surface area (Å²) in [7, 11) is 0. The van der Waals surface area contributed by atoms with Crippen LogP contribution in [0.15, 0.2) is 0 Å². The Balaban J connectivity index is 2.07. The lowest BCUT2D eigenvalue weighted by Crippen LogP contribution is -2.36. The van der Waals surface area contributed by atoms with Crippen LogP contribution in [0.1, 0.15) is 24.8 Å². The Morgan fingerprint density at radius 2 is 2.07 bits per heavy atom. The van der Waals surface area contributed by atoms with E-state index in [4.69, 9.17) is 4.74 Å². The Hall–Kier alpha value is -0.680. The smallest absolute Gasteiger partial charge is 0.237 e. The highest BCUT2D eigenvalue weighted by molar-refractivity contribution is 7.05. The Labute approximate surface area is 88.1 Å². The lowest BCUT2D eigenvalue weighted by molar-refractivity contribution is 0.122. The minimum Gasteiger partial charge on any atom is -0.378 e. The molecule has 1 aliphatic rings. The summed E-state index contributed by atoms with van der Waals surface area (Å²) in [5, 5.41) is 1.12. The second kappa shape index (κ2) is 4.23. The highest BCUT2D eigenvalue weighted by Gasteiger charge is 2.16. The van der Waals surface area contributed by atoms with Gasteiger partial charge in [0, 0.05) is 19.0 Å². The van der Waals surface area contributed by atoms with Gasteiger partial charge < -0.3 is 9.64 Å². The average Bonchev–Trinajstić information content (AvgIpc) is 2.68. The maximum Gasteiger partial charge on any atom is 0.237 e. The molecule has 0 N–H and O–H groups in total. The Bertz CT molecular complexity index is 294. The van der Waals surface area contributed by atoms with Crippen molar-refractivity contribution in [1.82, 2.24) is 9.36 Å². The third-order valence-corrected chi connectivity index (χ3v) is 3.22. The van der Waals surface area contributed by atoms with E-state index in [0.717, 1.165) is 37.3 Å². The highest BCUT2D eigenvalue weighted by Crippen LogP contribution is 2.21. The van der Waals surface area contributed by atoms with Gasteiger partial charge in [0.25, 0.3) is 0 Å². The van der Waals surface area contributed by atoms with Gasteiger partial charge in [0.1, 0.15) is 5.01 Å². The molecule has 0 spiro atoms. The van der Waals surface area contributed by atoms with Crippen LogP contribution in [-0.4, -0.2) is 35.7 Å². The SMILES string of the molecule is CC(C)c1nc(N2CCOCC2)ns1. The molecule has 4 nitrogen and oxygen atoms in total. The molecule has 0 amide bonds. The average molecular weight is 213 g/mol. The van der Waals surface area contributed by atoms with Gasteiger partial charge >= 0.3 is 0 Å². The zero-order valence-corrected chi connectivity index (χ0v) is 9.38. The highest BCUT2D eigenvalue weighted by atomic mass is 32.1. The van der Waals surface area contributed by atoms with Crippen molar-refractivity contribution in [1.29, 1.82) is 0 Å². The van der Waals surface area contributed by atoms with Gasteiger partial charge in [-0.25, -0.2) is 4.98 Å². The predicted octanol–water partition coefficient (Wildman–Crippen LogP) is 1.50. The molecule has 5 heteroatoms. The van der Waals surface area contributed by atoms with Crippen molar-refractivity contribution in [3.8, 4) is 0 Å². The van der Waals surface area contributed by atoms with Crippen LogP contribution in [0.5, 0.6) is 0 Å². The number of hydrogen-bond donors (Lipinski definition) is 0. The van der Waals surface area contributed by atoms with E-state index in [0.29, 0.717) is 5.92 Å². The molecule has 2 rings (SSSR count). The molecule has 0 radical (unpaired) electrons. The van der Waals surface area contributed by atoms with Gasteiger partial charge in [0.2, 0.25) is 5.95 Å². The molecule has 1 aromatic rings. The summed E-state index contributed by atoms with van der Waals surface area (Å²) < 4.78 is 9.64. The summed E-state index contributed by atoms with van der Waals surface area (Å²) in [5.74, 6) is 1.35. The zero-order chi connectivity index (χ0) is 9.97. The van der Waals surface area contributed by atoms with Crippen molar-refractivity contribution in [2.75, 3.05) is 31.2 Å². The molecule has 1 fully saturated rings. The van der Waals surface area contributed by atoms with Crippen molar-refractivity contribution in [3.63, 3.8) is 0 Å². The van der Waals surface area contributed by atoms with E-state index in [1.807, 2.05) is 0 Å². The van der Waals surface area contributed by atoms with Crippen molar-refractivity contribution in [2.45, 2.75) is 19.8 Å². The Morgan fingerprint density at radius 3 is 2.64 bits per heavy atom. The molecule has 0 bridgehead atoms. The summed E-state index contributed by atoms with van der Waals surface area (Å²) in [6.45, 7) is 7.68. The fraction of sp³-hybridized carbons (Fsp3) is 0.778. The summed E-state index contributed by atoms with van der Waals surface area (Å²) in [6.07, 6.45) is 0. The number of hydrogen-bond acceptors (Lipinski definition) is 5. The van der Waals surface area contributed by atoms with Gasteiger partial charge in [-0.2, -0.15) is 4.37 Å². The van der Waals surface area contributed by atoms with Crippen LogP contribution in [0.4, 0.5) is 5.95 Å². The first-order valence-corrected chi connectivity index (χ1v) is 5.71. The molecule has 0 aliphatic carbocycles. The van der Waals surface area contributed by atoms with Crippen LogP contribution < -0.4 is 4.90 Å². The maximum atomic E-state index is 5.28. The van der Waals surface area contributed by atoms with Gasteiger partial charge in [-0.05, 0) is 11.5 Å². The topological polar surface area (TPSA) is 38.2 Å². The van der Waals surface area contributed by atoms with E-state index in [9.17, 15) is 0 Å². The van der Waals surface area contributed by atoms with Crippen LogP contribution in [0.3, 0.4) is 0 Å². The lowest BCUT2D eigenvalue weighted by atomic mass is 10.2. The molecule has 0 atom stereocenters. The van der Waals surface area contributed by atoms with Crippen LogP contribution in [-0.2, 0) is 4.74 Å². The van der Waals surface area contributed by atoms with Crippen LogP contribution in [0, 0.1) is 0 Å². The van der Waals surface area contributed by atoms with Crippen molar-refractivity contribution < 1.29 is 4.74 Å². The monoisotopic (exact) mass is 213 g/mol. The second-order valence-corrected chi connectivity index (χ2v) is 4.47. The molecule has 0 unspecified atom stereocenters. The molecule has 0 aromatic carbocycles. The largest absolute Gasteiger partial charge is 0.378 e. The van der Waals surface area contributed by atoms with Crippen LogP contribution in [0.2, 0.25) is 0 Å². The summed E-state index contributed by atoms with van der Waals surface area (Å²) in [5.41, 5.74) is 0. The summed E-state index contributed by atoms with van der Waals surface area (Å²) >= 11 is 1.51. The quantitative estimate of drug-likeness (QED) is 0.746. The van der Waals surface area contributed by atoms with Crippen molar-refractivity contribution in [2.24, 2.45) is 0 Å². The van der Waals surface area contributed by atoms with E-state index in [1.165, 1.54) is 11.5 Å². The molecule has 0 saturated carbocycles. The normalized spacial score (nSPS) is 17.8. The van der Waals surface area contributed by atoms with Gasteiger partial charge in [0.05, 0.1) is 13.2 Å². The van der Waals surface area contributed by atoms with E-state index >= 15 is 0 Å². The number of morpholine rings is 1. The summed E-state index contributed by atoms with van der Waals surface area (Å²) in [4.78, 5) is 6.70. The third kappa shape index (κ3) is 2.04. The van der Waals surface area contributed by atoms with Crippen molar-refractivity contribution in [3.05, 3.63) is 5.01 Å². The molecule has 2 heterocycles. The van der Waals surface area contributed by atoms with Gasteiger partial charge in [0.15, 0.2) is 0 Å². The van der Waals surface area contributed by atoms with Gasteiger partial charge in [-0.1, -0.05) is 13.8 Å². The van der Waals surface area contributed by atoms with E-state index in [-0.39, 0.29) is 0 Å². The van der Waals surface area contributed by atoms with Crippen molar-refractivity contribution >= 4 is 17.5 Å².